The largest absolute Gasteiger partial charge is 0.455 e. The minimum absolute atomic E-state index is 0.0219. The topological polar surface area (TPSA) is 169 Å². The Bertz CT molecular complexity index is 1530. The number of nitrogens with zero attached hydrogens (tertiary/aromatic N) is 6. The van der Waals surface area contributed by atoms with Gasteiger partial charge in [0.1, 0.15) is 11.5 Å². The van der Waals surface area contributed by atoms with Crippen molar-refractivity contribution >= 4 is 40.5 Å². The second-order valence-electron chi connectivity index (χ2n) is 7.33. The predicted molar refractivity (Wildman–Crippen MR) is 128 cm³/mol. The Hall–Kier alpha value is -5.33. The maximum Gasteiger partial charge on any atom is 0.270 e. The van der Waals surface area contributed by atoms with Gasteiger partial charge in [-0.3, -0.25) is 26.4 Å². The fourth-order valence-electron chi connectivity index (χ4n) is 3.08. The number of benzene rings is 2. The molecule has 35 heavy (non-hydrogen) atoms. The van der Waals surface area contributed by atoms with Gasteiger partial charge in [-0.2, -0.15) is 15.1 Å². The van der Waals surface area contributed by atoms with Crippen LogP contribution in [0, 0.1) is 17.0 Å². The average molecular weight is 471 g/mol. The van der Waals surface area contributed by atoms with Crippen LogP contribution in [0.25, 0.3) is 22.6 Å². The molecule has 0 aliphatic carbocycles. The first-order chi connectivity index (χ1) is 17.0. The molecule has 13 heteroatoms. The van der Waals surface area contributed by atoms with E-state index in [-0.39, 0.29) is 22.8 Å². The number of fused-ring (bicyclic) bond motifs is 1. The number of hydrazine groups is 1. The van der Waals surface area contributed by atoms with Crippen molar-refractivity contribution in [3.05, 3.63) is 82.1 Å². The smallest absolute Gasteiger partial charge is 0.270 e. The molecule has 0 saturated carbocycles. The van der Waals surface area contributed by atoms with Crippen molar-refractivity contribution in [1.82, 2.24) is 20.3 Å². The van der Waals surface area contributed by atoms with Crippen LogP contribution in [0.2, 0.25) is 0 Å². The van der Waals surface area contributed by atoms with Crippen molar-refractivity contribution in [2.45, 2.75) is 6.92 Å². The fourth-order valence-corrected chi connectivity index (χ4v) is 3.08. The SMILES string of the molecule is Cc1ccc(NNc2nc3nonc3nc2N/N=C/c2ccc(-c3cccc([N+](=O)[O-])c3)o2)cc1. The van der Waals surface area contributed by atoms with E-state index >= 15 is 0 Å². The van der Waals surface area contributed by atoms with Gasteiger partial charge in [0.15, 0.2) is 11.6 Å². The van der Waals surface area contributed by atoms with Crippen LogP contribution in [0.3, 0.4) is 0 Å². The highest BCUT2D eigenvalue weighted by molar-refractivity contribution is 5.79. The molecular weight excluding hydrogens is 454 g/mol. The van der Waals surface area contributed by atoms with Crippen molar-refractivity contribution in [3.63, 3.8) is 0 Å². The third-order valence-electron chi connectivity index (χ3n) is 4.82. The summed E-state index contributed by atoms with van der Waals surface area (Å²) in [7, 11) is 0. The number of nitro benzene ring substituents is 1. The second-order valence-corrected chi connectivity index (χ2v) is 7.33. The summed E-state index contributed by atoms with van der Waals surface area (Å²) in [5.41, 5.74) is 11.7. The number of nitro groups is 1. The second kappa shape index (κ2) is 9.27. The van der Waals surface area contributed by atoms with E-state index in [0.29, 0.717) is 22.9 Å². The molecule has 0 aliphatic rings. The zero-order valence-corrected chi connectivity index (χ0v) is 18.2. The summed E-state index contributed by atoms with van der Waals surface area (Å²) in [6.45, 7) is 2.00. The van der Waals surface area contributed by atoms with Crippen molar-refractivity contribution in [1.29, 1.82) is 0 Å². The van der Waals surface area contributed by atoms with Gasteiger partial charge in [-0.25, -0.2) is 4.63 Å². The van der Waals surface area contributed by atoms with E-state index in [4.69, 9.17) is 9.05 Å². The van der Waals surface area contributed by atoms with Crippen LogP contribution < -0.4 is 16.3 Å². The molecule has 3 N–H and O–H groups in total. The Morgan fingerprint density at radius 3 is 2.51 bits per heavy atom. The first-order valence-corrected chi connectivity index (χ1v) is 10.3. The molecule has 5 rings (SSSR count). The quantitative estimate of drug-likeness (QED) is 0.167. The van der Waals surface area contributed by atoms with Gasteiger partial charge >= 0.3 is 0 Å². The zero-order valence-electron chi connectivity index (χ0n) is 18.2. The number of hydrogen-bond acceptors (Lipinski definition) is 12. The summed E-state index contributed by atoms with van der Waals surface area (Å²) >= 11 is 0. The Kier molecular flexibility index (Phi) is 5.70. The van der Waals surface area contributed by atoms with Crippen LogP contribution >= 0.6 is 0 Å². The Labute approximate surface area is 197 Å². The molecule has 174 valence electrons. The van der Waals surface area contributed by atoms with Crippen LogP contribution in [0.5, 0.6) is 0 Å². The number of furan rings is 1. The van der Waals surface area contributed by atoms with E-state index in [1.807, 2.05) is 31.2 Å². The number of hydrazone groups is 1. The van der Waals surface area contributed by atoms with Crippen molar-refractivity contribution in [3.8, 4) is 11.3 Å². The molecule has 0 fully saturated rings. The average Bonchev–Trinajstić information content (AvgIpc) is 3.53. The van der Waals surface area contributed by atoms with Gasteiger partial charge in [0.2, 0.25) is 11.3 Å². The molecule has 0 saturated heterocycles. The van der Waals surface area contributed by atoms with E-state index in [1.165, 1.54) is 18.3 Å². The van der Waals surface area contributed by atoms with Crippen LogP contribution in [-0.2, 0) is 0 Å². The number of rotatable bonds is 8. The number of hydrogen-bond donors (Lipinski definition) is 3. The molecule has 0 radical (unpaired) electrons. The number of non-ortho nitro benzene ring substituents is 1. The normalized spacial score (nSPS) is 11.1. The summed E-state index contributed by atoms with van der Waals surface area (Å²) in [6, 6.07) is 17.3. The van der Waals surface area contributed by atoms with Crippen molar-refractivity contribution < 1.29 is 14.0 Å². The lowest BCUT2D eigenvalue weighted by Gasteiger charge is -2.11. The first-order valence-electron chi connectivity index (χ1n) is 10.3. The lowest BCUT2D eigenvalue weighted by atomic mass is 10.1. The minimum Gasteiger partial charge on any atom is -0.455 e. The lowest BCUT2D eigenvalue weighted by Crippen LogP contribution is -2.13. The molecule has 0 bridgehead atoms. The molecule has 2 aromatic carbocycles. The van der Waals surface area contributed by atoms with Crippen molar-refractivity contribution in [2.75, 3.05) is 16.3 Å². The van der Waals surface area contributed by atoms with Gasteiger partial charge in [0.05, 0.1) is 16.8 Å². The summed E-state index contributed by atoms with van der Waals surface area (Å²) in [5.74, 6) is 1.45. The number of nitrogens with one attached hydrogen (secondary N) is 3. The van der Waals surface area contributed by atoms with E-state index in [2.05, 4.69) is 41.7 Å². The Morgan fingerprint density at radius 2 is 1.74 bits per heavy atom. The van der Waals surface area contributed by atoms with E-state index in [9.17, 15) is 10.1 Å². The molecule has 3 heterocycles. The van der Waals surface area contributed by atoms with Crippen LogP contribution in [0.4, 0.5) is 23.0 Å². The Balaban J connectivity index is 1.32. The van der Waals surface area contributed by atoms with Crippen LogP contribution in [0.15, 0.2) is 74.8 Å². The molecule has 3 aromatic heterocycles. The molecule has 0 unspecified atom stereocenters. The number of aryl methyl sites for hydroxylation is 1. The summed E-state index contributed by atoms with van der Waals surface area (Å²) in [4.78, 5) is 19.2. The lowest BCUT2D eigenvalue weighted by molar-refractivity contribution is -0.384. The highest BCUT2D eigenvalue weighted by Crippen LogP contribution is 2.25. The highest BCUT2D eigenvalue weighted by atomic mass is 16.6. The first kappa shape index (κ1) is 21.5. The van der Waals surface area contributed by atoms with Crippen LogP contribution in [0.1, 0.15) is 11.3 Å². The van der Waals surface area contributed by atoms with Gasteiger partial charge < -0.3 is 4.42 Å². The highest BCUT2D eigenvalue weighted by Gasteiger charge is 2.13. The fraction of sp³-hybridized carbons (Fsp3) is 0.0455. The summed E-state index contributed by atoms with van der Waals surface area (Å²) in [6.07, 6.45) is 1.44. The summed E-state index contributed by atoms with van der Waals surface area (Å²) in [5, 5.41) is 22.6. The minimum atomic E-state index is -0.458. The van der Waals surface area contributed by atoms with Gasteiger partial charge in [-0.15, -0.1) is 0 Å². The monoisotopic (exact) mass is 471 g/mol. The zero-order chi connectivity index (χ0) is 24.2. The van der Waals surface area contributed by atoms with E-state index in [0.717, 1.165) is 11.3 Å². The summed E-state index contributed by atoms with van der Waals surface area (Å²) < 4.78 is 10.4. The molecule has 0 atom stereocenters. The Morgan fingerprint density at radius 1 is 0.971 bits per heavy atom. The molecule has 5 aromatic rings. The molecule has 0 spiro atoms. The van der Waals surface area contributed by atoms with Gasteiger partial charge in [0, 0.05) is 17.7 Å². The van der Waals surface area contributed by atoms with E-state index in [1.54, 1.807) is 24.3 Å². The number of anilines is 3. The maximum absolute atomic E-state index is 11.0. The van der Waals surface area contributed by atoms with Gasteiger partial charge in [0.25, 0.3) is 5.69 Å². The van der Waals surface area contributed by atoms with Crippen molar-refractivity contribution in [2.24, 2.45) is 5.10 Å². The maximum atomic E-state index is 11.0. The predicted octanol–water partition coefficient (Wildman–Crippen LogP) is 4.37. The van der Waals surface area contributed by atoms with E-state index < -0.39 is 4.92 Å². The third kappa shape index (κ3) is 4.88. The molecule has 0 amide bonds. The molecule has 13 nitrogen and oxygen atoms in total. The van der Waals surface area contributed by atoms with Crippen LogP contribution in [-0.4, -0.2) is 31.4 Å². The number of aromatic nitrogens is 4. The standard InChI is InChI=1S/C22H17N9O4/c1-13-5-7-15(8-6-13)26-28-20-19(24-21-22(25-20)30-35-29-21)27-23-12-17-9-10-18(34-17)14-3-2-4-16(11-14)31(32)33/h2-12,26H,1H3,(H,24,27,29)(H,25,28,30)/b23-12+. The van der Waals surface area contributed by atoms with Gasteiger partial charge in [-0.1, -0.05) is 29.8 Å². The molecule has 0 aliphatic heterocycles. The third-order valence-corrected chi connectivity index (χ3v) is 4.82. The van der Waals surface area contributed by atoms with Gasteiger partial charge in [-0.05, 0) is 41.5 Å². The molecular formula is C22H17N9O4.